The van der Waals surface area contributed by atoms with Gasteiger partial charge in [-0.25, -0.2) is 13.2 Å². The molecule has 8 heteroatoms. The average Bonchev–Trinajstić information content (AvgIpc) is 2.97. The maximum Gasteiger partial charge on any atom is 0.278 e. The molecule has 0 fully saturated rings. The molecule has 1 aromatic heterocycles. The summed E-state index contributed by atoms with van der Waals surface area (Å²) in [5.41, 5.74) is 0.351. The molecule has 3 rings (SSSR count). The first kappa shape index (κ1) is 17.5. The van der Waals surface area contributed by atoms with E-state index in [9.17, 15) is 18.0 Å². The standard InChI is InChI=1S/C18H13F3N2O3/c1-10-14(9-25-13-4-2-3-11(19)7-13)17(23-26-10)18(24)22-12-5-6-15(20)16(21)8-12/h2-8H,9H2,1H3,(H,22,24). The molecular weight excluding hydrogens is 349 g/mol. The van der Waals surface area contributed by atoms with Crippen LogP contribution in [0.1, 0.15) is 21.8 Å². The van der Waals surface area contributed by atoms with Gasteiger partial charge in [-0.05, 0) is 31.2 Å². The summed E-state index contributed by atoms with van der Waals surface area (Å²) in [5.74, 6) is -2.63. The van der Waals surface area contributed by atoms with Gasteiger partial charge in [-0.15, -0.1) is 0 Å². The van der Waals surface area contributed by atoms with Crippen molar-refractivity contribution in [2.45, 2.75) is 13.5 Å². The number of amides is 1. The first-order valence-electron chi connectivity index (χ1n) is 7.54. The van der Waals surface area contributed by atoms with Crippen molar-refractivity contribution in [1.29, 1.82) is 0 Å². The summed E-state index contributed by atoms with van der Waals surface area (Å²) >= 11 is 0. The SMILES string of the molecule is Cc1onc(C(=O)Nc2ccc(F)c(F)c2)c1COc1cccc(F)c1. The quantitative estimate of drug-likeness (QED) is 0.738. The largest absolute Gasteiger partial charge is 0.489 e. The Labute approximate surface area is 146 Å². The predicted molar refractivity (Wildman–Crippen MR) is 86.3 cm³/mol. The lowest BCUT2D eigenvalue weighted by Crippen LogP contribution is -2.15. The van der Waals surface area contributed by atoms with Crippen LogP contribution in [0.2, 0.25) is 0 Å². The van der Waals surface area contributed by atoms with Gasteiger partial charge >= 0.3 is 0 Å². The summed E-state index contributed by atoms with van der Waals surface area (Å²) in [7, 11) is 0. The number of benzene rings is 2. The van der Waals surface area contributed by atoms with Crippen LogP contribution in [0.4, 0.5) is 18.9 Å². The molecule has 0 aliphatic heterocycles. The Balaban J connectivity index is 1.76. The molecule has 3 aromatic rings. The van der Waals surface area contributed by atoms with Crippen LogP contribution in [0.5, 0.6) is 5.75 Å². The molecule has 0 unspecified atom stereocenters. The summed E-state index contributed by atoms with van der Waals surface area (Å²) in [5, 5.41) is 6.08. The van der Waals surface area contributed by atoms with Gasteiger partial charge in [0, 0.05) is 17.8 Å². The van der Waals surface area contributed by atoms with E-state index in [1.165, 1.54) is 24.3 Å². The van der Waals surface area contributed by atoms with E-state index in [0.717, 1.165) is 12.1 Å². The molecule has 26 heavy (non-hydrogen) atoms. The minimum atomic E-state index is -1.09. The molecule has 0 bridgehead atoms. The zero-order valence-electron chi connectivity index (χ0n) is 13.6. The second-order valence-electron chi connectivity index (χ2n) is 5.39. The van der Waals surface area contributed by atoms with E-state index in [2.05, 4.69) is 10.5 Å². The van der Waals surface area contributed by atoms with Crippen molar-refractivity contribution in [3.05, 3.63) is 76.9 Å². The summed E-state index contributed by atoms with van der Waals surface area (Å²) in [4.78, 5) is 12.3. The van der Waals surface area contributed by atoms with Crippen molar-refractivity contribution in [3.8, 4) is 5.75 Å². The molecule has 0 radical (unpaired) electrons. The van der Waals surface area contributed by atoms with Crippen LogP contribution in [-0.2, 0) is 6.61 Å². The van der Waals surface area contributed by atoms with Crippen LogP contribution in [0, 0.1) is 24.4 Å². The lowest BCUT2D eigenvalue weighted by Gasteiger charge is -2.07. The highest BCUT2D eigenvalue weighted by Crippen LogP contribution is 2.20. The second kappa shape index (κ2) is 7.30. The maximum absolute atomic E-state index is 13.2. The highest BCUT2D eigenvalue weighted by molar-refractivity contribution is 6.03. The smallest absolute Gasteiger partial charge is 0.278 e. The monoisotopic (exact) mass is 362 g/mol. The van der Waals surface area contributed by atoms with E-state index in [1.807, 2.05) is 0 Å². The predicted octanol–water partition coefficient (Wildman–Crippen LogP) is 4.23. The lowest BCUT2D eigenvalue weighted by molar-refractivity contribution is 0.101. The Hall–Kier alpha value is -3.29. The number of hydrogen-bond donors (Lipinski definition) is 1. The van der Waals surface area contributed by atoms with Crippen LogP contribution in [0.15, 0.2) is 47.0 Å². The van der Waals surface area contributed by atoms with Crippen LogP contribution in [0.25, 0.3) is 0 Å². The van der Waals surface area contributed by atoms with Gasteiger partial charge in [-0.3, -0.25) is 4.79 Å². The van der Waals surface area contributed by atoms with Crippen molar-refractivity contribution in [2.24, 2.45) is 0 Å². The van der Waals surface area contributed by atoms with E-state index >= 15 is 0 Å². The zero-order valence-corrected chi connectivity index (χ0v) is 13.6. The highest BCUT2D eigenvalue weighted by atomic mass is 19.2. The number of ether oxygens (including phenoxy) is 1. The Bertz CT molecular complexity index is 957. The number of nitrogens with zero attached hydrogens (tertiary/aromatic N) is 1. The minimum absolute atomic E-state index is 0.0616. The molecule has 0 aliphatic rings. The highest BCUT2D eigenvalue weighted by Gasteiger charge is 2.21. The van der Waals surface area contributed by atoms with Crippen LogP contribution < -0.4 is 10.1 Å². The molecule has 134 valence electrons. The molecule has 0 atom stereocenters. The molecule has 2 aromatic carbocycles. The number of nitrogens with one attached hydrogen (secondary N) is 1. The third kappa shape index (κ3) is 3.85. The molecule has 0 saturated carbocycles. The van der Waals surface area contributed by atoms with E-state index in [1.54, 1.807) is 13.0 Å². The number of hydrogen-bond acceptors (Lipinski definition) is 4. The van der Waals surface area contributed by atoms with E-state index < -0.39 is 23.4 Å². The van der Waals surface area contributed by atoms with Crippen molar-refractivity contribution < 1.29 is 27.2 Å². The summed E-state index contributed by atoms with van der Waals surface area (Å²) in [6.07, 6.45) is 0. The van der Waals surface area contributed by atoms with Gasteiger partial charge in [0.25, 0.3) is 5.91 Å². The third-order valence-electron chi connectivity index (χ3n) is 3.56. The molecule has 0 saturated heterocycles. The van der Waals surface area contributed by atoms with Crippen molar-refractivity contribution in [3.63, 3.8) is 0 Å². The van der Waals surface area contributed by atoms with Gasteiger partial charge in [0.15, 0.2) is 17.3 Å². The Morgan fingerprint density at radius 1 is 1.15 bits per heavy atom. The summed E-state index contributed by atoms with van der Waals surface area (Å²) < 4.78 is 49.9. The summed E-state index contributed by atoms with van der Waals surface area (Å²) in [6.45, 7) is 1.50. The number of carbonyl (C=O) groups is 1. The van der Waals surface area contributed by atoms with Gasteiger partial charge in [-0.2, -0.15) is 0 Å². The van der Waals surface area contributed by atoms with Crippen LogP contribution >= 0.6 is 0 Å². The lowest BCUT2D eigenvalue weighted by atomic mass is 10.2. The van der Waals surface area contributed by atoms with Crippen molar-refractivity contribution >= 4 is 11.6 Å². The number of rotatable bonds is 5. The first-order valence-corrected chi connectivity index (χ1v) is 7.54. The van der Waals surface area contributed by atoms with Gasteiger partial charge < -0.3 is 14.6 Å². The Morgan fingerprint density at radius 3 is 2.69 bits per heavy atom. The fraction of sp³-hybridized carbons (Fsp3) is 0.111. The average molecular weight is 362 g/mol. The van der Waals surface area contributed by atoms with Gasteiger partial charge in [0.1, 0.15) is 23.9 Å². The normalized spacial score (nSPS) is 10.6. The van der Waals surface area contributed by atoms with Crippen molar-refractivity contribution in [1.82, 2.24) is 5.16 Å². The Kier molecular flexibility index (Phi) is 4.92. The number of aryl methyl sites for hydroxylation is 1. The zero-order chi connectivity index (χ0) is 18.7. The fourth-order valence-electron chi connectivity index (χ4n) is 2.22. The first-order chi connectivity index (χ1) is 12.4. The summed E-state index contributed by atoms with van der Waals surface area (Å²) in [6, 6.07) is 8.49. The van der Waals surface area contributed by atoms with E-state index in [0.29, 0.717) is 11.3 Å². The van der Waals surface area contributed by atoms with Crippen molar-refractivity contribution in [2.75, 3.05) is 5.32 Å². The molecule has 0 spiro atoms. The number of aromatic nitrogens is 1. The van der Waals surface area contributed by atoms with Crippen LogP contribution in [-0.4, -0.2) is 11.1 Å². The second-order valence-corrected chi connectivity index (χ2v) is 5.39. The van der Waals surface area contributed by atoms with E-state index in [4.69, 9.17) is 9.26 Å². The Morgan fingerprint density at radius 2 is 1.96 bits per heavy atom. The van der Waals surface area contributed by atoms with E-state index in [-0.39, 0.29) is 23.7 Å². The number of anilines is 1. The molecular formula is C18H13F3N2O3. The third-order valence-corrected chi connectivity index (χ3v) is 3.56. The van der Waals surface area contributed by atoms with Gasteiger partial charge in [0.05, 0.1) is 5.56 Å². The minimum Gasteiger partial charge on any atom is -0.489 e. The molecule has 5 nitrogen and oxygen atoms in total. The molecule has 1 N–H and O–H groups in total. The number of carbonyl (C=O) groups excluding carboxylic acids is 1. The topological polar surface area (TPSA) is 64.4 Å². The van der Waals surface area contributed by atoms with Gasteiger partial charge in [0.2, 0.25) is 0 Å². The fourth-order valence-corrected chi connectivity index (χ4v) is 2.22. The molecule has 0 aliphatic carbocycles. The van der Waals surface area contributed by atoms with Crippen LogP contribution in [0.3, 0.4) is 0 Å². The maximum atomic E-state index is 13.2. The molecule has 1 amide bonds. The van der Waals surface area contributed by atoms with Gasteiger partial charge in [-0.1, -0.05) is 11.2 Å². The molecule has 1 heterocycles. The number of halogens is 3.